The molecule has 0 aromatic carbocycles. The second kappa shape index (κ2) is 11.2. The van der Waals surface area contributed by atoms with Gasteiger partial charge in [0, 0.05) is 38.4 Å². The van der Waals surface area contributed by atoms with Crippen LogP contribution in [0.5, 0.6) is 0 Å². The lowest BCUT2D eigenvalue weighted by atomic mass is 9.96. The predicted octanol–water partition coefficient (Wildman–Crippen LogP) is 3.82. The van der Waals surface area contributed by atoms with Crippen LogP contribution in [-0.4, -0.2) is 65.2 Å². The van der Waals surface area contributed by atoms with E-state index < -0.39 is 5.60 Å². The van der Waals surface area contributed by atoms with Gasteiger partial charge in [0.1, 0.15) is 5.60 Å². The molecule has 7 heteroatoms. The van der Waals surface area contributed by atoms with Crippen molar-refractivity contribution in [2.45, 2.75) is 66.5 Å². The molecule has 1 N–H and O–H groups in total. The molecular weight excluding hydrogens is 378 g/mol. The van der Waals surface area contributed by atoms with Crippen LogP contribution in [0.3, 0.4) is 0 Å². The first-order valence-corrected chi connectivity index (χ1v) is 11.2. The molecule has 0 bridgehead atoms. The zero-order valence-electron chi connectivity index (χ0n) is 19.6. The van der Waals surface area contributed by atoms with Crippen molar-refractivity contribution in [2.75, 3.05) is 32.7 Å². The minimum Gasteiger partial charge on any atom is -0.444 e. The molecular formula is C23H39N5O2. The van der Waals surface area contributed by atoms with Crippen LogP contribution in [0, 0.1) is 12.8 Å². The average molecular weight is 418 g/mol. The first-order valence-electron chi connectivity index (χ1n) is 11.2. The fourth-order valence-corrected chi connectivity index (χ4v) is 3.57. The second-order valence-corrected chi connectivity index (χ2v) is 8.89. The van der Waals surface area contributed by atoms with Crippen molar-refractivity contribution in [2.24, 2.45) is 10.9 Å². The first-order chi connectivity index (χ1) is 14.2. The van der Waals surface area contributed by atoms with Crippen molar-refractivity contribution in [1.82, 2.24) is 20.1 Å². The molecule has 1 amide bonds. The van der Waals surface area contributed by atoms with Gasteiger partial charge in [0.15, 0.2) is 5.96 Å². The fraction of sp³-hybridized carbons (Fsp3) is 0.696. The van der Waals surface area contributed by atoms with Crippen molar-refractivity contribution in [1.29, 1.82) is 0 Å². The van der Waals surface area contributed by atoms with Gasteiger partial charge < -0.3 is 19.9 Å². The highest BCUT2D eigenvalue weighted by Crippen LogP contribution is 2.20. The molecule has 1 aliphatic heterocycles. The maximum atomic E-state index is 12.4. The Morgan fingerprint density at radius 2 is 2.00 bits per heavy atom. The number of pyridine rings is 1. The highest BCUT2D eigenvalue weighted by atomic mass is 16.6. The van der Waals surface area contributed by atoms with E-state index in [0.29, 0.717) is 19.0 Å². The number of guanidine groups is 1. The molecule has 30 heavy (non-hydrogen) atoms. The summed E-state index contributed by atoms with van der Waals surface area (Å²) < 4.78 is 5.55. The minimum absolute atomic E-state index is 0.215. The smallest absolute Gasteiger partial charge is 0.410 e. The molecule has 1 aliphatic rings. The summed E-state index contributed by atoms with van der Waals surface area (Å²) in [6.07, 6.45) is 1.85. The SMILES string of the molecule is CCNC(=NCc1cccc(C)n1)N1CCC(CN(CC)C(=O)OC(C)(C)C)CC1. The van der Waals surface area contributed by atoms with Crippen molar-refractivity contribution >= 4 is 12.1 Å². The molecule has 0 radical (unpaired) electrons. The Kier molecular flexibility index (Phi) is 8.93. The normalized spacial score (nSPS) is 15.8. The lowest BCUT2D eigenvalue weighted by molar-refractivity contribution is 0.0214. The predicted molar refractivity (Wildman–Crippen MR) is 122 cm³/mol. The number of carbonyl (C=O) groups is 1. The third kappa shape index (κ3) is 7.84. The van der Waals surface area contributed by atoms with Crippen LogP contribution in [-0.2, 0) is 11.3 Å². The number of likely N-dealkylation sites (tertiary alicyclic amines) is 1. The van der Waals surface area contributed by atoms with Crippen molar-refractivity contribution < 1.29 is 9.53 Å². The molecule has 0 aliphatic carbocycles. The third-order valence-corrected chi connectivity index (χ3v) is 5.10. The number of aromatic nitrogens is 1. The van der Waals surface area contributed by atoms with Gasteiger partial charge in [-0.05, 0) is 72.4 Å². The number of ether oxygens (including phenoxy) is 1. The molecule has 7 nitrogen and oxygen atoms in total. The molecule has 1 aromatic rings. The summed E-state index contributed by atoms with van der Waals surface area (Å²) in [5, 5.41) is 3.41. The molecule has 2 rings (SSSR count). The molecule has 0 unspecified atom stereocenters. The number of piperidine rings is 1. The Hall–Kier alpha value is -2.31. The van der Waals surface area contributed by atoms with Gasteiger partial charge in [-0.3, -0.25) is 4.98 Å². The average Bonchev–Trinajstić information content (AvgIpc) is 2.68. The van der Waals surface area contributed by atoms with Gasteiger partial charge >= 0.3 is 6.09 Å². The molecule has 0 saturated carbocycles. The monoisotopic (exact) mass is 417 g/mol. The number of nitrogens with zero attached hydrogens (tertiary/aromatic N) is 4. The van der Waals surface area contributed by atoms with Gasteiger partial charge in [0.2, 0.25) is 0 Å². The number of aliphatic imine (C=N–C) groups is 1. The van der Waals surface area contributed by atoms with E-state index in [-0.39, 0.29) is 6.09 Å². The van der Waals surface area contributed by atoms with E-state index in [2.05, 4.69) is 22.1 Å². The summed E-state index contributed by atoms with van der Waals surface area (Å²) in [6, 6.07) is 6.04. The lowest BCUT2D eigenvalue weighted by Gasteiger charge is -2.36. The Morgan fingerprint density at radius 1 is 1.30 bits per heavy atom. The maximum absolute atomic E-state index is 12.4. The summed E-state index contributed by atoms with van der Waals surface area (Å²) in [4.78, 5) is 25.9. The van der Waals surface area contributed by atoms with Crippen LogP contribution in [0.4, 0.5) is 4.79 Å². The van der Waals surface area contributed by atoms with Gasteiger partial charge in [-0.25, -0.2) is 9.79 Å². The summed E-state index contributed by atoms with van der Waals surface area (Å²) in [5.41, 5.74) is 1.53. The molecule has 168 valence electrons. The number of hydrogen-bond donors (Lipinski definition) is 1. The van der Waals surface area contributed by atoms with Crippen molar-refractivity contribution in [3.8, 4) is 0 Å². The van der Waals surface area contributed by atoms with Crippen LogP contribution < -0.4 is 5.32 Å². The largest absolute Gasteiger partial charge is 0.444 e. The highest BCUT2D eigenvalue weighted by molar-refractivity contribution is 5.80. The number of hydrogen-bond acceptors (Lipinski definition) is 4. The van der Waals surface area contributed by atoms with E-state index in [9.17, 15) is 4.79 Å². The van der Waals surface area contributed by atoms with E-state index >= 15 is 0 Å². The Labute approximate surface area is 181 Å². The molecule has 0 spiro atoms. The lowest BCUT2D eigenvalue weighted by Crippen LogP contribution is -2.47. The first kappa shape index (κ1) is 24.0. The standard InChI is InChI=1S/C23H39N5O2/c1-7-24-21(25-16-20-11-9-10-18(3)26-20)28-14-12-19(13-15-28)17-27(8-2)22(29)30-23(4,5)6/h9-11,19H,7-8,12-17H2,1-6H3,(H,24,25). The van der Waals surface area contributed by atoms with Gasteiger partial charge in [0.25, 0.3) is 0 Å². The number of amides is 1. The number of rotatable bonds is 6. The Bertz CT molecular complexity index is 706. The van der Waals surface area contributed by atoms with Crippen molar-refractivity contribution in [3.05, 3.63) is 29.6 Å². The molecule has 1 saturated heterocycles. The van der Waals surface area contributed by atoms with Gasteiger partial charge in [0.05, 0.1) is 12.2 Å². The summed E-state index contributed by atoms with van der Waals surface area (Å²) in [5.74, 6) is 1.42. The number of nitrogens with one attached hydrogen (secondary N) is 1. The van der Waals surface area contributed by atoms with E-state index in [1.165, 1.54) is 0 Å². The van der Waals surface area contributed by atoms with E-state index in [4.69, 9.17) is 9.73 Å². The maximum Gasteiger partial charge on any atom is 0.410 e. The van der Waals surface area contributed by atoms with Crippen LogP contribution in [0.15, 0.2) is 23.2 Å². The fourth-order valence-electron chi connectivity index (χ4n) is 3.57. The van der Waals surface area contributed by atoms with Crippen LogP contribution in [0.25, 0.3) is 0 Å². The highest BCUT2D eigenvalue weighted by Gasteiger charge is 2.27. The Balaban J connectivity index is 1.91. The van der Waals surface area contributed by atoms with E-state index in [0.717, 1.165) is 56.4 Å². The molecule has 1 fully saturated rings. The van der Waals surface area contributed by atoms with Crippen molar-refractivity contribution in [3.63, 3.8) is 0 Å². The van der Waals surface area contributed by atoms with Gasteiger partial charge in [-0.1, -0.05) is 6.07 Å². The number of aryl methyl sites for hydroxylation is 1. The topological polar surface area (TPSA) is 70.1 Å². The third-order valence-electron chi connectivity index (χ3n) is 5.10. The quantitative estimate of drug-likeness (QED) is 0.563. The summed E-state index contributed by atoms with van der Waals surface area (Å²) in [6.45, 7) is 16.5. The Morgan fingerprint density at radius 3 is 2.57 bits per heavy atom. The van der Waals surface area contributed by atoms with Crippen LogP contribution in [0.2, 0.25) is 0 Å². The van der Waals surface area contributed by atoms with Crippen LogP contribution >= 0.6 is 0 Å². The zero-order chi connectivity index (χ0) is 22.1. The summed E-state index contributed by atoms with van der Waals surface area (Å²) in [7, 11) is 0. The zero-order valence-corrected chi connectivity index (χ0v) is 19.6. The molecule has 0 atom stereocenters. The van der Waals surface area contributed by atoms with E-state index in [1.54, 1.807) is 0 Å². The molecule has 2 heterocycles. The molecule has 1 aromatic heterocycles. The minimum atomic E-state index is -0.461. The van der Waals surface area contributed by atoms with Crippen LogP contribution in [0.1, 0.15) is 58.8 Å². The van der Waals surface area contributed by atoms with Gasteiger partial charge in [-0.2, -0.15) is 0 Å². The summed E-state index contributed by atoms with van der Waals surface area (Å²) >= 11 is 0. The van der Waals surface area contributed by atoms with E-state index in [1.807, 2.05) is 57.7 Å². The second-order valence-electron chi connectivity index (χ2n) is 8.89. The van der Waals surface area contributed by atoms with Gasteiger partial charge in [-0.15, -0.1) is 0 Å². The number of carbonyl (C=O) groups excluding carboxylic acids is 1.